The number of benzene rings is 1. The number of nitrogens with two attached hydrogens (primary N) is 2. The third kappa shape index (κ3) is 2.21. The standard InChI is InChI=1S/C19H16N4O2S/c1-8-13(9(2)24)14(11-7-22-12-6-4-3-5-10(11)12)15-16(20)17(18(21)25)26-19(15)23-8/h3-7,22H,20H2,1-2H3,(H2,21,25). The van der Waals surface area contributed by atoms with E-state index in [1.165, 1.54) is 6.92 Å². The van der Waals surface area contributed by atoms with E-state index in [0.717, 1.165) is 27.8 Å². The van der Waals surface area contributed by atoms with Gasteiger partial charge in [-0.25, -0.2) is 4.98 Å². The van der Waals surface area contributed by atoms with E-state index in [1.807, 2.05) is 30.5 Å². The highest BCUT2D eigenvalue weighted by Crippen LogP contribution is 2.43. The molecular formula is C19H16N4O2S. The number of ketones is 1. The Morgan fingerprint density at radius 1 is 1.23 bits per heavy atom. The van der Waals surface area contributed by atoms with Crippen LogP contribution in [-0.4, -0.2) is 21.7 Å². The summed E-state index contributed by atoms with van der Waals surface area (Å²) in [5, 5.41) is 1.57. The number of nitrogens with one attached hydrogen (secondary N) is 1. The van der Waals surface area contributed by atoms with Crippen LogP contribution in [0.5, 0.6) is 0 Å². The van der Waals surface area contributed by atoms with Crippen LogP contribution < -0.4 is 11.5 Å². The summed E-state index contributed by atoms with van der Waals surface area (Å²) < 4.78 is 0. The summed E-state index contributed by atoms with van der Waals surface area (Å²) in [6.45, 7) is 3.29. The highest BCUT2D eigenvalue weighted by Gasteiger charge is 2.25. The van der Waals surface area contributed by atoms with Crippen molar-refractivity contribution >= 4 is 49.8 Å². The highest BCUT2D eigenvalue weighted by molar-refractivity contribution is 7.21. The van der Waals surface area contributed by atoms with Gasteiger partial charge in [-0.15, -0.1) is 11.3 Å². The average Bonchev–Trinajstić information content (AvgIpc) is 3.15. The third-order valence-electron chi connectivity index (χ3n) is 4.49. The van der Waals surface area contributed by atoms with Crippen LogP contribution in [0.25, 0.3) is 32.2 Å². The van der Waals surface area contributed by atoms with E-state index in [2.05, 4.69) is 9.97 Å². The molecule has 4 aromatic rings. The molecule has 0 spiro atoms. The number of thiophene rings is 1. The van der Waals surface area contributed by atoms with Crippen molar-refractivity contribution in [2.24, 2.45) is 5.73 Å². The van der Waals surface area contributed by atoms with E-state index in [9.17, 15) is 9.59 Å². The zero-order valence-electron chi connectivity index (χ0n) is 14.2. The van der Waals surface area contributed by atoms with Crippen LogP contribution in [0.1, 0.15) is 32.6 Å². The Balaban J connectivity index is 2.23. The van der Waals surface area contributed by atoms with Gasteiger partial charge in [-0.3, -0.25) is 9.59 Å². The van der Waals surface area contributed by atoms with Gasteiger partial charge in [-0.1, -0.05) is 18.2 Å². The molecule has 0 fully saturated rings. The number of carbonyl (C=O) groups is 2. The minimum atomic E-state index is -0.600. The molecule has 0 unspecified atom stereocenters. The van der Waals surface area contributed by atoms with Crippen LogP contribution in [0.2, 0.25) is 0 Å². The van der Waals surface area contributed by atoms with Gasteiger partial charge in [0.1, 0.15) is 9.71 Å². The molecule has 0 bridgehead atoms. The summed E-state index contributed by atoms with van der Waals surface area (Å²) in [5.74, 6) is -0.708. The number of aryl methyl sites for hydroxylation is 1. The molecule has 130 valence electrons. The Bertz CT molecular complexity index is 1220. The minimum absolute atomic E-state index is 0.108. The Hall–Kier alpha value is -3.19. The number of para-hydroxylation sites is 1. The van der Waals surface area contributed by atoms with Crippen molar-refractivity contribution < 1.29 is 9.59 Å². The lowest BCUT2D eigenvalue weighted by Gasteiger charge is -2.12. The lowest BCUT2D eigenvalue weighted by Crippen LogP contribution is -2.10. The number of nitrogen functional groups attached to an aromatic ring is 1. The number of rotatable bonds is 3. The van der Waals surface area contributed by atoms with Crippen molar-refractivity contribution in [3.05, 3.63) is 46.6 Å². The SMILES string of the molecule is CC(=O)c1c(C)nc2sc(C(N)=O)c(N)c2c1-c1c[nH]c2ccccc12. The number of carbonyl (C=O) groups excluding carboxylic acids is 2. The number of amides is 1. The summed E-state index contributed by atoms with van der Waals surface area (Å²) in [6, 6.07) is 7.81. The average molecular weight is 364 g/mol. The minimum Gasteiger partial charge on any atom is -0.397 e. The second kappa shape index (κ2) is 5.67. The number of Topliss-reactive ketones (excluding diaryl/α,β-unsaturated/α-hetero) is 1. The number of pyridine rings is 1. The Kier molecular flexibility index (Phi) is 3.55. The third-order valence-corrected chi connectivity index (χ3v) is 5.61. The van der Waals surface area contributed by atoms with Gasteiger partial charge in [0.25, 0.3) is 5.91 Å². The molecule has 0 saturated carbocycles. The van der Waals surface area contributed by atoms with Crippen molar-refractivity contribution in [3.8, 4) is 11.1 Å². The van der Waals surface area contributed by atoms with Crippen molar-refractivity contribution in [2.45, 2.75) is 13.8 Å². The number of hydrogen-bond acceptors (Lipinski definition) is 5. The second-order valence-corrected chi connectivity index (χ2v) is 7.14. The largest absolute Gasteiger partial charge is 0.397 e. The van der Waals surface area contributed by atoms with Crippen LogP contribution in [-0.2, 0) is 0 Å². The Labute approximate surface area is 152 Å². The molecule has 0 atom stereocenters. The van der Waals surface area contributed by atoms with Crippen molar-refractivity contribution in [1.29, 1.82) is 0 Å². The summed E-state index contributed by atoms with van der Waals surface area (Å²) in [4.78, 5) is 32.8. The van der Waals surface area contributed by atoms with Gasteiger partial charge in [0.05, 0.1) is 11.4 Å². The number of anilines is 1. The highest BCUT2D eigenvalue weighted by atomic mass is 32.1. The van der Waals surface area contributed by atoms with E-state index < -0.39 is 5.91 Å². The number of hydrogen-bond donors (Lipinski definition) is 3. The number of H-pyrrole nitrogens is 1. The predicted octanol–water partition coefficient (Wildman–Crippen LogP) is 3.64. The molecule has 0 radical (unpaired) electrons. The van der Waals surface area contributed by atoms with Crippen molar-refractivity contribution in [1.82, 2.24) is 9.97 Å². The Morgan fingerprint density at radius 2 is 1.96 bits per heavy atom. The van der Waals surface area contributed by atoms with E-state index in [1.54, 1.807) is 6.92 Å². The maximum Gasteiger partial charge on any atom is 0.260 e. The molecule has 26 heavy (non-hydrogen) atoms. The number of aromatic nitrogens is 2. The molecule has 7 heteroatoms. The van der Waals surface area contributed by atoms with Crippen molar-refractivity contribution in [2.75, 3.05) is 5.73 Å². The summed E-state index contributed by atoms with van der Waals surface area (Å²) in [7, 11) is 0. The molecule has 6 nitrogen and oxygen atoms in total. The molecular weight excluding hydrogens is 348 g/mol. The molecule has 0 aliphatic rings. The number of fused-ring (bicyclic) bond motifs is 2. The normalized spacial score (nSPS) is 11.3. The monoisotopic (exact) mass is 364 g/mol. The molecule has 0 saturated heterocycles. The fraction of sp³-hybridized carbons (Fsp3) is 0.105. The van der Waals surface area contributed by atoms with Gasteiger partial charge < -0.3 is 16.5 Å². The predicted molar refractivity (Wildman–Crippen MR) is 105 cm³/mol. The van der Waals surface area contributed by atoms with Crippen LogP contribution in [0, 0.1) is 6.92 Å². The molecule has 4 rings (SSSR count). The number of aromatic amines is 1. The molecule has 1 aromatic carbocycles. The van der Waals surface area contributed by atoms with E-state index in [0.29, 0.717) is 27.0 Å². The molecule has 3 heterocycles. The summed E-state index contributed by atoms with van der Waals surface area (Å²) in [5.41, 5.74) is 15.6. The van der Waals surface area contributed by atoms with Gasteiger partial charge >= 0.3 is 0 Å². The summed E-state index contributed by atoms with van der Waals surface area (Å²) in [6.07, 6.45) is 1.85. The lowest BCUT2D eigenvalue weighted by molar-refractivity contribution is 0.0999. The number of primary amides is 1. The molecule has 0 aliphatic heterocycles. The van der Waals surface area contributed by atoms with Gasteiger partial charge in [-0.2, -0.15) is 0 Å². The second-order valence-electron chi connectivity index (χ2n) is 6.14. The topological polar surface area (TPSA) is 115 Å². The van der Waals surface area contributed by atoms with Crippen molar-refractivity contribution in [3.63, 3.8) is 0 Å². The van der Waals surface area contributed by atoms with Crippen LogP contribution in [0.4, 0.5) is 5.69 Å². The van der Waals surface area contributed by atoms with Crippen LogP contribution in [0.3, 0.4) is 0 Å². The first-order valence-corrected chi connectivity index (χ1v) is 8.81. The smallest absolute Gasteiger partial charge is 0.260 e. The van der Waals surface area contributed by atoms with E-state index in [-0.39, 0.29) is 16.3 Å². The Morgan fingerprint density at radius 3 is 2.65 bits per heavy atom. The van der Waals surface area contributed by atoms with Crippen LogP contribution >= 0.6 is 11.3 Å². The zero-order valence-corrected chi connectivity index (χ0v) is 15.0. The molecule has 0 aliphatic carbocycles. The zero-order chi connectivity index (χ0) is 18.6. The van der Waals surface area contributed by atoms with Gasteiger partial charge in [-0.05, 0) is 19.9 Å². The first kappa shape index (κ1) is 16.3. The van der Waals surface area contributed by atoms with Gasteiger partial charge in [0.2, 0.25) is 0 Å². The molecule has 3 aromatic heterocycles. The fourth-order valence-corrected chi connectivity index (χ4v) is 4.43. The first-order chi connectivity index (χ1) is 12.4. The fourth-order valence-electron chi connectivity index (χ4n) is 3.43. The number of nitrogens with zero attached hydrogens (tertiary/aromatic N) is 1. The molecule has 5 N–H and O–H groups in total. The quantitative estimate of drug-likeness (QED) is 0.481. The van der Waals surface area contributed by atoms with Crippen LogP contribution in [0.15, 0.2) is 30.5 Å². The van der Waals surface area contributed by atoms with Gasteiger partial charge in [0, 0.05) is 39.2 Å². The molecule has 1 amide bonds. The van der Waals surface area contributed by atoms with E-state index in [4.69, 9.17) is 11.5 Å². The van der Waals surface area contributed by atoms with Gasteiger partial charge in [0.15, 0.2) is 5.78 Å². The maximum absolute atomic E-state index is 12.4. The first-order valence-electron chi connectivity index (χ1n) is 8.00. The maximum atomic E-state index is 12.4. The summed E-state index contributed by atoms with van der Waals surface area (Å²) >= 11 is 1.15. The lowest BCUT2D eigenvalue weighted by atomic mass is 9.93. The van der Waals surface area contributed by atoms with E-state index >= 15 is 0 Å².